The van der Waals surface area contributed by atoms with Crippen LogP contribution in [0.4, 0.5) is 18.9 Å². The molecule has 194 valence electrons. The van der Waals surface area contributed by atoms with E-state index in [2.05, 4.69) is 10.6 Å². The maximum atomic E-state index is 13.7. The van der Waals surface area contributed by atoms with E-state index in [0.29, 0.717) is 32.2 Å². The number of rotatable bonds is 7. The number of nitrogens with zero attached hydrogens (tertiary/aromatic N) is 1. The summed E-state index contributed by atoms with van der Waals surface area (Å²) in [6, 6.07) is 3.06. The van der Waals surface area contributed by atoms with Gasteiger partial charge in [-0.3, -0.25) is 9.59 Å². The lowest BCUT2D eigenvalue weighted by Crippen LogP contribution is -2.57. The van der Waals surface area contributed by atoms with E-state index in [4.69, 9.17) is 4.74 Å². The van der Waals surface area contributed by atoms with Crippen LogP contribution in [0.15, 0.2) is 24.3 Å². The monoisotopic (exact) mass is 497 g/mol. The van der Waals surface area contributed by atoms with Crippen LogP contribution in [0, 0.1) is 11.3 Å². The predicted octanol–water partition coefficient (Wildman–Crippen LogP) is 3.98. The number of likely N-dealkylation sites (tertiary alicyclic amines) is 1. The minimum atomic E-state index is -4.51. The molecule has 0 unspecified atom stereocenters. The second kappa shape index (κ2) is 9.70. The summed E-state index contributed by atoms with van der Waals surface area (Å²) >= 11 is 0. The molecule has 1 saturated heterocycles. The van der Waals surface area contributed by atoms with Crippen molar-refractivity contribution in [2.24, 2.45) is 11.3 Å². The van der Waals surface area contributed by atoms with Gasteiger partial charge in [0.05, 0.1) is 12.7 Å². The molecule has 0 spiro atoms. The van der Waals surface area contributed by atoms with Crippen LogP contribution >= 0.6 is 0 Å². The summed E-state index contributed by atoms with van der Waals surface area (Å²) in [5.74, 6) is -1.30. The summed E-state index contributed by atoms with van der Waals surface area (Å²) in [5.41, 5.74) is -2.37. The molecule has 4 atom stereocenters. The van der Waals surface area contributed by atoms with Crippen LogP contribution in [-0.4, -0.2) is 54.0 Å². The standard InChI is InChI=1S/C25H34F3N3O4/c1-6-15-14-24(15,22(34)35-5)30-20(32)18-11-8-12-31(18)21(33)19(23(2,3)4)29-17-10-7-9-16(13-17)25(26,27)28/h7,9-10,13,15,18-19,29H,6,8,11-12,14H2,1-5H3,(H,30,32)/t15-,18+,19-,24-/m1/s1. The summed E-state index contributed by atoms with van der Waals surface area (Å²) in [6.07, 6.45) is -2.27. The van der Waals surface area contributed by atoms with Crippen LogP contribution < -0.4 is 10.6 Å². The zero-order valence-corrected chi connectivity index (χ0v) is 20.8. The lowest BCUT2D eigenvalue weighted by Gasteiger charge is -2.36. The Hall–Kier alpha value is -2.78. The van der Waals surface area contributed by atoms with Crippen LogP contribution in [0.5, 0.6) is 0 Å². The number of carbonyl (C=O) groups excluding carboxylic acids is 3. The second-order valence-electron chi connectivity index (χ2n) is 10.5. The third kappa shape index (κ3) is 5.56. The largest absolute Gasteiger partial charge is 0.467 e. The average molecular weight is 498 g/mol. The smallest absolute Gasteiger partial charge is 0.416 e. The Labute approximate surface area is 203 Å². The minimum absolute atomic E-state index is 0.0191. The number of esters is 1. The molecule has 2 aliphatic rings. The Morgan fingerprint density at radius 2 is 1.91 bits per heavy atom. The number of alkyl halides is 3. The van der Waals surface area contributed by atoms with E-state index in [1.54, 1.807) is 0 Å². The zero-order chi connectivity index (χ0) is 26.2. The zero-order valence-electron chi connectivity index (χ0n) is 20.8. The van der Waals surface area contributed by atoms with Gasteiger partial charge in [-0.2, -0.15) is 13.2 Å². The Kier molecular flexibility index (Phi) is 7.43. The number of ether oxygens (including phenoxy) is 1. The van der Waals surface area contributed by atoms with Crippen molar-refractivity contribution >= 4 is 23.5 Å². The van der Waals surface area contributed by atoms with Crippen LogP contribution in [0.1, 0.15) is 58.9 Å². The molecule has 35 heavy (non-hydrogen) atoms. The van der Waals surface area contributed by atoms with Gasteiger partial charge in [-0.15, -0.1) is 0 Å². The van der Waals surface area contributed by atoms with Gasteiger partial charge in [0.15, 0.2) is 0 Å². The van der Waals surface area contributed by atoms with Gasteiger partial charge in [0.2, 0.25) is 11.8 Å². The number of anilines is 1. The molecular weight excluding hydrogens is 463 g/mol. The Bertz CT molecular complexity index is 975. The molecular formula is C25H34F3N3O4. The molecule has 1 aromatic rings. The fourth-order valence-corrected chi connectivity index (χ4v) is 4.83. The van der Waals surface area contributed by atoms with E-state index in [0.717, 1.165) is 12.1 Å². The highest BCUT2D eigenvalue weighted by molar-refractivity contribution is 5.96. The number of halogens is 3. The molecule has 2 fully saturated rings. The minimum Gasteiger partial charge on any atom is -0.467 e. The molecule has 1 aliphatic heterocycles. The SMILES string of the molecule is CC[C@@H]1C[C@]1(NC(=O)[C@@H]1CCCN1C(=O)[C@@H](Nc1cccc(C(F)(F)F)c1)C(C)(C)C)C(=O)OC. The molecule has 0 radical (unpaired) electrons. The molecule has 2 amide bonds. The third-order valence-electron chi connectivity index (χ3n) is 6.95. The van der Waals surface area contributed by atoms with Crippen LogP contribution in [0.2, 0.25) is 0 Å². The van der Waals surface area contributed by atoms with E-state index < -0.39 is 46.7 Å². The van der Waals surface area contributed by atoms with Gasteiger partial charge < -0.3 is 20.3 Å². The molecule has 3 rings (SSSR count). The molecule has 2 N–H and O–H groups in total. The van der Waals surface area contributed by atoms with Crippen molar-refractivity contribution in [3.8, 4) is 0 Å². The summed E-state index contributed by atoms with van der Waals surface area (Å²) in [4.78, 5) is 40.7. The third-order valence-corrected chi connectivity index (χ3v) is 6.95. The number of amides is 2. The molecule has 1 aromatic carbocycles. The Balaban J connectivity index is 1.80. The van der Waals surface area contributed by atoms with Crippen molar-refractivity contribution in [1.29, 1.82) is 0 Å². The second-order valence-corrected chi connectivity index (χ2v) is 10.5. The number of methoxy groups -OCH3 is 1. The number of benzene rings is 1. The van der Waals surface area contributed by atoms with E-state index >= 15 is 0 Å². The molecule has 0 aromatic heterocycles. The maximum Gasteiger partial charge on any atom is 0.416 e. The maximum absolute atomic E-state index is 13.7. The summed E-state index contributed by atoms with van der Waals surface area (Å²) in [5, 5.41) is 5.82. The lowest BCUT2D eigenvalue weighted by atomic mass is 9.85. The first kappa shape index (κ1) is 26.8. The number of hydrogen-bond acceptors (Lipinski definition) is 5. The van der Waals surface area contributed by atoms with Crippen molar-refractivity contribution in [2.45, 2.75) is 77.2 Å². The molecule has 1 aliphatic carbocycles. The van der Waals surface area contributed by atoms with Crippen molar-refractivity contribution < 1.29 is 32.3 Å². The molecule has 7 nitrogen and oxygen atoms in total. The Morgan fingerprint density at radius 1 is 1.23 bits per heavy atom. The quantitative estimate of drug-likeness (QED) is 0.557. The van der Waals surface area contributed by atoms with Gasteiger partial charge in [-0.1, -0.05) is 40.2 Å². The predicted molar refractivity (Wildman–Crippen MR) is 124 cm³/mol. The highest BCUT2D eigenvalue weighted by Gasteiger charge is 2.62. The van der Waals surface area contributed by atoms with Gasteiger partial charge in [-0.25, -0.2) is 4.79 Å². The topological polar surface area (TPSA) is 87.7 Å². The van der Waals surface area contributed by atoms with Crippen LogP contribution in [0.25, 0.3) is 0 Å². The van der Waals surface area contributed by atoms with Crippen molar-refractivity contribution in [1.82, 2.24) is 10.2 Å². The van der Waals surface area contributed by atoms with E-state index in [-0.39, 0.29) is 17.5 Å². The van der Waals surface area contributed by atoms with Gasteiger partial charge in [0.1, 0.15) is 17.6 Å². The van der Waals surface area contributed by atoms with Crippen LogP contribution in [-0.2, 0) is 25.3 Å². The molecule has 10 heteroatoms. The number of hydrogen-bond donors (Lipinski definition) is 2. The highest BCUT2D eigenvalue weighted by atomic mass is 19.4. The average Bonchev–Trinajstić information content (AvgIpc) is 3.26. The van der Waals surface area contributed by atoms with Crippen molar-refractivity contribution in [3.63, 3.8) is 0 Å². The first-order valence-electron chi connectivity index (χ1n) is 11.9. The molecule has 0 bridgehead atoms. The summed E-state index contributed by atoms with van der Waals surface area (Å²) in [7, 11) is 1.28. The van der Waals surface area contributed by atoms with Crippen molar-refractivity contribution in [2.75, 3.05) is 19.0 Å². The Morgan fingerprint density at radius 3 is 2.46 bits per heavy atom. The first-order valence-corrected chi connectivity index (χ1v) is 11.9. The van der Waals surface area contributed by atoms with Gasteiger partial charge in [-0.05, 0) is 48.8 Å². The molecule has 1 saturated carbocycles. The fraction of sp³-hybridized carbons (Fsp3) is 0.640. The number of nitrogens with one attached hydrogen (secondary N) is 2. The van der Waals surface area contributed by atoms with Gasteiger partial charge >= 0.3 is 12.1 Å². The first-order chi connectivity index (χ1) is 16.2. The van der Waals surface area contributed by atoms with Gasteiger partial charge in [0.25, 0.3) is 0 Å². The number of carbonyl (C=O) groups is 3. The van der Waals surface area contributed by atoms with E-state index in [1.807, 2.05) is 27.7 Å². The van der Waals surface area contributed by atoms with Crippen LogP contribution in [0.3, 0.4) is 0 Å². The van der Waals surface area contributed by atoms with Gasteiger partial charge in [0, 0.05) is 12.2 Å². The van der Waals surface area contributed by atoms with Crippen molar-refractivity contribution in [3.05, 3.63) is 29.8 Å². The van der Waals surface area contributed by atoms with E-state index in [9.17, 15) is 27.6 Å². The fourth-order valence-electron chi connectivity index (χ4n) is 4.83. The van der Waals surface area contributed by atoms with E-state index in [1.165, 1.54) is 24.1 Å². The normalized spacial score (nSPS) is 25.1. The summed E-state index contributed by atoms with van der Waals surface area (Å²) < 4.78 is 44.4. The lowest BCUT2D eigenvalue weighted by molar-refractivity contribution is -0.148. The summed E-state index contributed by atoms with van der Waals surface area (Å²) in [6.45, 7) is 7.70. The molecule has 1 heterocycles. The highest BCUT2D eigenvalue weighted by Crippen LogP contribution is 2.47.